The molecule has 0 spiro atoms. The molecule has 1 fully saturated rings. The van der Waals surface area contributed by atoms with Crippen LogP contribution in [0.4, 0.5) is 4.39 Å². The lowest BCUT2D eigenvalue weighted by Crippen LogP contribution is -2.45. The van der Waals surface area contributed by atoms with Crippen molar-refractivity contribution < 1.29 is 9.13 Å². The lowest BCUT2D eigenvalue weighted by Gasteiger charge is -2.34. The average Bonchev–Trinajstić information content (AvgIpc) is 2.30. The van der Waals surface area contributed by atoms with Crippen molar-refractivity contribution in [1.29, 1.82) is 0 Å². The summed E-state index contributed by atoms with van der Waals surface area (Å²) in [5.74, 6) is 0.364. The number of morpholine rings is 1. The van der Waals surface area contributed by atoms with Crippen molar-refractivity contribution >= 4 is 11.6 Å². The van der Waals surface area contributed by atoms with E-state index in [0.29, 0.717) is 12.5 Å². The Morgan fingerprint density at radius 1 is 1.50 bits per heavy atom. The smallest absolute Gasteiger partial charge is 0.123 e. The lowest BCUT2D eigenvalue weighted by atomic mass is 10.1. The van der Waals surface area contributed by atoms with Crippen LogP contribution in [0.5, 0.6) is 0 Å². The first-order valence-electron chi connectivity index (χ1n) is 5.42. The Labute approximate surface area is 100.0 Å². The fourth-order valence-corrected chi connectivity index (χ4v) is 2.19. The molecule has 1 aliphatic heterocycles. The SMILES string of the molecule is Fc1cccc(CN2CCOCC2CCl)c1. The van der Waals surface area contributed by atoms with Gasteiger partial charge in [0.1, 0.15) is 5.82 Å². The summed E-state index contributed by atoms with van der Waals surface area (Å²) in [5, 5.41) is 0. The van der Waals surface area contributed by atoms with Crippen LogP contribution in [0, 0.1) is 5.82 Å². The molecule has 0 aromatic heterocycles. The molecular weight excluding hydrogens is 229 g/mol. The van der Waals surface area contributed by atoms with Gasteiger partial charge in [-0.2, -0.15) is 0 Å². The summed E-state index contributed by atoms with van der Waals surface area (Å²) in [5.41, 5.74) is 0.983. The molecule has 0 bridgehead atoms. The zero-order valence-corrected chi connectivity index (χ0v) is 9.79. The summed E-state index contributed by atoms with van der Waals surface area (Å²) in [7, 11) is 0. The molecule has 1 aromatic rings. The number of ether oxygens (including phenoxy) is 1. The molecule has 1 aliphatic rings. The van der Waals surface area contributed by atoms with Crippen LogP contribution in [0.25, 0.3) is 0 Å². The molecule has 0 amide bonds. The third kappa shape index (κ3) is 2.94. The molecule has 0 radical (unpaired) electrons. The highest BCUT2D eigenvalue weighted by molar-refractivity contribution is 6.18. The van der Waals surface area contributed by atoms with E-state index in [4.69, 9.17) is 16.3 Å². The van der Waals surface area contributed by atoms with Crippen molar-refractivity contribution in [3.63, 3.8) is 0 Å². The van der Waals surface area contributed by atoms with Crippen molar-refractivity contribution in [3.8, 4) is 0 Å². The second-order valence-electron chi connectivity index (χ2n) is 3.98. The second kappa shape index (κ2) is 5.62. The van der Waals surface area contributed by atoms with E-state index in [1.54, 1.807) is 12.1 Å². The van der Waals surface area contributed by atoms with Crippen molar-refractivity contribution in [1.82, 2.24) is 4.90 Å². The Hall–Kier alpha value is -0.640. The molecule has 4 heteroatoms. The Kier molecular flexibility index (Phi) is 4.16. The number of hydrogen-bond acceptors (Lipinski definition) is 2. The largest absolute Gasteiger partial charge is 0.378 e. The lowest BCUT2D eigenvalue weighted by molar-refractivity contribution is -0.00307. The Balaban J connectivity index is 2.02. The molecule has 2 nitrogen and oxygen atoms in total. The highest BCUT2D eigenvalue weighted by Crippen LogP contribution is 2.14. The monoisotopic (exact) mass is 243 g/mol. The van der Waals surface area contributed by atoms with Gasteiger partial charge in [0.2, 0.25) is 0 Å². The molecular formula is C12H15ClFNO. The quantitative estimate of drug-likeness (QED) is 0.756. The average molecular weight is 244 g/mol. The van der Waals surface area contributed by atoms with Gasteiger partial charge in [0, 0.05) is 25.0 Å². The first-order valence-corrected chi connectivity index (χ1v) is 5.95. The molecule has 1 aromatic carbocycles. The van der Waals surface area contributed by atoms with Gasteiger partial charge < -0.3 is 4.74 Å². The van der Waals surface area contributed by atoms with E-state index in [2.05, 4.69) is 4.90 Å². The second-order valence-corrected chi connectivity index (χ2v) is 4.29. The minimum atomic E-state index is -0.187. The number of rotatable bonds is 3. The maximum Gasteiger partial charge on any atom is 0.123 e. The number of alkyl halides is 1. The fraction of sp³-hybridized carbons (Fsp3) is 0.500. The molecule has 1 saturated heterocycles. The van der Waals surface area contributed by atoms with E-state index in [9.17, 15) is 4.39 Å². The van der Waals surface area contributed by atoms with Gasteiger partial charge in [-0.15, -0.1) is 11.6 Å². The van der Waals surface area contributed by atoms with Gasteiger partial charge in [0.05, 0.1) is 13.2 Å². The zero-order valence-electron chi connectivity index (χ0n) is 9.03. The standard InChI is InChI=1S/C12H15ClFNO/c13-7-12-9-16-5-4-15(12)8-10-2-1-3-11(14)6-10/h1-3,6,12H,4-5,7-9H2. The molecule has 88 valence electrons. The molecule has 1 heterocycles. The Morgan fingerprint density at radius 2 is 2.38 bits per heavy atom. The van der Waals surface area contributed by atoms with Crippen LogP contribution in [-0.2, 0) is 11.3 Å². The third-order valence-corrected chi connectivity index (χ3v) is 3.16. The molecule has 2 rings (SSSR count). The maximum atomic E-state index is 13.0. The normalized spacial score (nSPS) is 22.2. The summed E-state index contributed by atoms with van der Waals surface area (Å²) in [6.07, 6.45) is 0. The van der Waals surface area contributed by atoms with Gasteiger partial charge in [-0.3, -0.25) is 4.90 Å². The van der Waals surface area contributed by atoms with E-state index >= 15 is 0 Å². The maximum absolute atomic E-state index is 13.0. The topological polar surface area (TPSA) is 12.5 Å². The fourth-order valence-electron chi connectivity index (χ4n) is 1.91. The molecule has 0 aliphatic carbocycles. The number of halogens is 2. The minimum Gasteiger partial charge on any atom is -0.378 e. The van der Waals surface area contributed by atoms with E-state index < -0.39 is 0 Å². The summed E-state index contributed by atoms with van der Waals surface area (Å²) in [4.78, 5) is 2.24. The number of nitrogens with zero attached hydrogens (tertiary/aromatic N) is 1. The van der Waals surface area contributed by atoms with Crippen LogP contribution in [0.2, 0.25) is 0 Å². The first-order chi connectivity index (χ1) is 7.79. The summed E-state index contributed by atoms with van der Waals surface area (Å²) < 4.78 is 18.4. The van der Waals surface area contributed by atoms with Crippen LogP contribution >= 0.6 is 11.6 Å². The van der Waals surface area contributed by atoms with Crippen LogP contribution in [0.1, 0.15) is 5.56 Å². The van der Waals surface area contributed by atoms with Crippen molar-refractivity contribution in [2.75, 3.05) is 25.6 Å². The van der Waals surface area contributed by atoms with E-state index in [1.165, 1.54) is 6.07 Å². The summed E-state index contributed by atoms with van der Waals surface area (Å²) in [6.45, 7) is 2.98. The zero-order chi connectivity index (χ0) is 11.4. The van der Waals surface area contributed by atoms with Gasteiger partial charge in [0.15, 0.2) is 0 Å². The third-order valence-electron chi connectivity index (χ3n) is 2.80. The van der Waals surface area contributed by atoms with Gasteiger partial charge in [-0.05, 0) is 17.7 Å². The van der Waals surface area contributed by atoms with Gasteiger partial charge >= 0.3 is 0 Å². The molecule has 1 atom stereocenters. The first kappa shape index (κ1) is 11.8. The van der Waals surface area contributed by atoms with Crippen LogP contribution in [0.3, 0.4) is 0 Å². The van der Waals surface area contributed by atoms with Crippen molar-refractivity contribution in [2.45, 2.75) is 12.6 Å². The van der Waals surface area contributed by atoms with Crippen molar-refractivity contribution in [2.24, 2.45) is 0 Å². The van der Waals surface area contributed by atoms with Crippen LogP contribution in [-0.4, -0.2) is 36.6 Å². The predicted octanol–water partition coefficient (Wildman–Crippen LogP) is 2.27. The molecule has 0 N–H and O–H groups in total. The molecule has 0 saturated carbocycles. The highest BCUT2D eigenvalue weighted by Gasteiger charge is 2.21. The van der Waals surface area contributed by atoms with Gasteiger partial charge in [-0.1, -0.05) is 12.1 Å². The van der Waals surface area contributed by atoms with Crippen molar-refractivity contribution in [3.05, 3.63) is 35.6 Å². The number of benzene rings is 1. The molecule has 16 heavy (non-hydrogen) atoms. The van der Waals surface area contributed by atoms with E-state index in [-0.39, 0.29) is 11.9 Å². The van der Waals surface area contributed by atoms with Crippen LogP contribution in [0.15, 0.2) is 24.3 Å². The van der Waals surface area contributed by atoms with Gasteiger partial charge in [-0.25, -0.2) is 4.39 Å². The molecule has 1 unspecified atom stereocenters. The van der Waals surface area contributed by atoms with Crippen LogP contribution < -0.4 is 0 Å². The Morgan fingerprint density at radius 3 is 3.12 bits per heavy atom. The van der Waals surface area contributed by atoms with E-state index in [1.807, 2.05) is 6.07 Å². The summed E-state index contributed by atoms with van der Waals surface area (Å²) >= 11 is 5.88. The number of hydrogen-bond donors (Lipinski definition) is 0. The van der Waals surface area contributed by atoms with Gasteiger partial charge in [0.25, 0.3) is 0 Å². The summed E-state index contributed by atoms with van der Waals surface area (Å²) in [6, 6.07) is 6.94. The minimum absolute atomic E-state index is 0.187. The Bertz CT molecular complexity index is 348. The highest BCUT2D eigenvalue weighted by atomic mass is 35.5. The predicted molar refractivity (Wildman–Crippen MR) is 62.1 cm³/mol. The van der Waals surface area contributed by atoms with E-state index in [0.717, 1.165) is 25.3 Å².